The first-order valence-electron chi connectivity index (χ1n) is 5.71. The zero-order valence-corrected chi connectivity index (χ0v) is 11.9. The summed E-state index contributed by atoms with van der Waals surface area (Å²) in [6.45, 7) is 2.44. The molecule has 96 valence electrons. The summed E-state index contributed by atoms with van der Waals surface area (Å²) in [6, 6.07) is 5.18. The molecule has 1 atom stereocenters. The van der Waals surface area contributed by atoms with Crippen molar-refractivity contribution in [3.8, 4) is 5.75 Å². The van der Waals surface area contributed by atoms with Gasteiger partial charge in [0.1, 0.15) is 5.75 Å². The summed E-state index contributed by atoms with van der Waals surface area (Å²) in [5, 5.41) is 0. The van der Waals surface area contributed by atoms with E-state index in [2.05, 4.69) is 15.9 Å². The number of hydrogen-bond donors (Lipinski definition) is 0. The molecule has 0 aliphatic carbocycles. The van der Waals surface area contributed by atoms with Crippen molar-refractivity contribution in [2.45, 2.75) is 13.3 Å². The highest BCUT2D eigenvalue weighted by molar-refractivity contribution is 9.10. The van der Waals surface area contributed by atoms with Gasteiger partial charge in [-0.1, -0.05) is 22.9 Å². The maximum atomic E-state index is 12.3. The van der Waals surface area contributed by atoms with Crippen LogP contribution >= 0.6 is 15.9 Å². The minimum atomic E-state index is -0.289. The fraction of sp³-hybridized carbons (Fsp3) is 0.385. The lowest BCUT2D eigenvalue weighted by Crippen LogP contribution is -2.32. The molecule has 1 unspecified atom stereocenters. The first-order valence-corrected chi connectivity index (χ1v) is 6.50. The quantitative estimate of drug-likeness (QED) is 0.788. The summed E-state index contributed by atoms with van der Waals surface area (Å²) in [5.41, 5.74) is 0.411. The molecule has 2 rings (SSSR count). The first-order chi connectivity index (χ1) is 8.52. The van der Waals surface area contributed by atoms with Crippen LogP contribution in [0.2, 0.25) is 0 Å². The molecule has 0 radical (unpaired) electrons. The molecule has 18 heavy (non-hydrogen) atoms. The van der Waals surface area contributed by atoms with E-state index in [4.69, 9.17) is 4.74 Å². The van der Waals surface area contributed by atoms with Crippen molar-refractivity contribution in [2.75, 3.05) is 13.7 Å². The molecule has 1 heterocycles. The van der Waals surface area contributed by atoms with Crippen LogP contribution in [0, 0.1) is 5.92 Å². The Bertz CT molecular complexity index is 501. The highest BCUT2D eigenvalue weighted by atomic mass is 79.9. The molecular weight excluding hydrogens is 298 g/mol. The minimum absolute atomic E-state index is 0.116. The number of halogens is 1. The van der Waals surface area contributed by atoms with E-state index in [9.17, 15) is 9.59 Å². The number of likely N-dealkylation sites (tertiary alicyclic amines) is 1. The molecule has 0 spiro atoms. The molecule has 0 saturated carbocycles. The maximum absolute atomic E-state index is 12.3. The number of rotatable bonds is 2. The fourth-order valence-corrected chi connectivity index (χ4v) is 2.44. The van der Waals surface area contributed by atoms with Crippen molar-refractivity contribution in [1.29, 1.82) is 0 Å². The zero-order chi connectivity index (χ0) is 13.3. The summed E-state index contributed by atoms with van der Waals surface area (Å²) in [6.07, 6.45) is 0.433. The van der Waals surface area contributed by atoms with Gasteiger partial charge in [-0.2, -0.15) is 0 Å². The van der Waals surface area contributed by atoms with Gasteiger partial charge in [0.15, 0.2) is 0 Å². The fourth-order valence-electron chi connectivity index (χ4n) is 2.08. The number of ether oxygens (including phenoxy) is 1. The number of hydrogen-bond acceptors (Lipinski definition) is 3. The van der Waals surface area contributed by atoms with Gasteiger partial charge in [-0.3, -0.25) is 14.5 Å². The molecule has 0 N–H and O–H groups in total. The molecule has 0 aromatic heterocycles. The van der Waals surface area contributed by atoms with E-state index in [1.165, 1.54) is 12.0 Å². The van der Waals surface area contributed by atoms with Crippen molar-refractivity contribution in [2.24, 2.45) is 5.92 Å². The van der Waals surface area contributed by atoms with Crippen molar-refractivity contribution >= 4 is 27.7 Å². The topological polar surface area (TPSA) is 46.6 Å². The van der Waals surface area contributed by atoms with Crippen LogP contribution in [-0.2, 0) is 4.79 Å². The third-order valence-corrected chi connectivity index (χ3v) is 3.45. The maximum Gasteiger partial charge on any atom is 0.264 e. The van der Waals surface area contributed by atoms with E-state index in [1.807, 2.05) is 6.92 Å². The minimum Gasteiger partial charge on any atom is -0.496 e. The summed E-state index contributed by atoms with van der Waals surface area (Å²) in [5.74, 6) is 0.298. The highest BCUT2D eigenvalue weighted by Crippen LogP contribution is 2.27. The number of carbonyl (C=O) groups is 2. The standard InChI is InChI=1S/C13H14BrNO3/c1-8-5-12(16)15(7-8)13(17)10-6-9(14)3-4-11(10)18-2/h3-4,6,8H,5,7H2,1-2H3. The monoisotopic (exact) mass is 311 g/mol. The summed E-state index contributed by atoms with van der Waals surface area (Å²) in [4.78, 5) is 25.4. The normalized spacial score (nSPS) is 19.2. The van der Waals surface area contributed by atoms with Gasteiger partial charge in [-0.05, 0) is 24.1 Å². The van der Waals surface area contributed by atoms with Crippen LogP contribution in [0.5, 0.6) is 5.75 Å². The van der Waals surface area contributed by atoms with Crippen LogP contribution in [-0.4, -0.2) is 30.4 Å². The predicted octanol–water partition coefficient (Wildman–Crippen LogP) is 2.47. The number of methoxy groups -OCH3 is 1. The molecule has 1 aliphatic rings. The van der Waals surface area contributed by atoms with E-state index < -0.39 is 0 Å². The number of carbonyl (C=O) groups excluding carboxylic acids is 2. The summed E-state index contributed by atoms with van der Waals surface area (Å²) in [7, 11) is 1.51. The zero-order valence-electron chi connectivity index (χ0n) is 10.3. The van der Waals surface area contributed by atoms with Crippen LogP contribution in [0.3, 0.4) is 0 Å². The smallest absolute Gasteiger partial charge is 0.264 e. The Morgan fingerprint density at radius 3 is 2.78 bits per heavy atom. The number of benzene rings is 1. The summed E-state index contributed by atoms with van der Waals surface area (Å²) < 4.78 is 5.95. The van der Waals surface area contributed by atoms with Crippen LogP contribution in [0.25, 0.3) is 0 Å². The second kappa shape index (κ2) is 5.10. The Labute approximate surface area is 114 Å². The van der Waals surface area contributed by atoms with Gasteiger partial charge >= 0.3 is 0 Å². The SMILES string of the molecule is COc1ccc(Br)cc1C(=O)N1CC(C)CC1=O. The van der Waals surface area contributed by atoms with Crippen molar-refractivity contribution in [1.82, 2.24) is 4.90 Å². The van der Waals surface area contributed by atoms with Crippen LogP contribution in [0.4, 0.5) is 0 Å². The average molecular weight is 312 g/mol. The molecule has 4 nitrogen and oxygen atoms in total. The lowest BCUT2D eigenvalue weighted by molar-refractivity contribution is -0.125. The first kappa shape index (κ1) is 13.1. The Hall–Kier alpha value is -1.36. The Balaban J connectivity index is 2.34. The van der Waals surface area contributed by atoms with E-state index in [-0.39, 0.29) is 17.7 Å². The molecule has 0 bridgehead atoms. The molecule has 1 saturated heterocycles. The largest absolute Gasteiger partial charge is 0.496 e. The third kappa shape index (κ3) is 2.41. The third-order valence-electron chi connectivity index (χ3n) is 2.96. The number of amides is 2. The van der Waals surface area contributed by atoms with Crippen LogP contribution in [0.1, 0.15) is 23.7 Å². The Morgan fingerprint density at radius 1 is 1.50 bits per heavy atom. The highest BCUT2D eigenvalue weighted by Gasteiger charge is 2.33. The second-order valence-corrected chi connectivity index (χ2v) is 5.38. The van der Waals surface area contributed by atoms with Gasteiger partial charge in [0.05, 0.1) is 12.7 Å². The van der Waals surface area contributed by atoms with Gasteiger partial charge in [-0.25, -0.2) is 0 Å². The Kier molecular flexibility index (Phi) is 3.71. The van der Waals surface area contributed by atoms with Gasteiger partial charge in [-0.15, -0.1) is 0 Å². The van der Waals surface area contributed by atoms with Gasteiger partial charge in [0, 0.05) is 17.4 Å². The van der Waals surface area contributed by atoms with Crippen molar-refractivity contribution < 1.29 is 14.3 Å². The second-order valence-electron chi connectivity index (χ2n) is 4.46. The molecule has 2 amide bonds. The van der Waals surface area contributed by atoms with E-state index in [0.29, 0.717) is 24.3 Å². The predicted molar refractivity (Wildman–Crippen MR) is 70.5 cm³/mol. The van der Waals surface area contributed by atoms with Crippen LogP contribution < -0.4 is 4.74 Å². The van der Waals surface area contributed by atoms with E-state index in [0.717, 1.165) is 4.47 Å². The van der Waals surface area contributed by atoms with Gasteiger partial charge < -0.3 is 4.74 Å². The molecule has 1 aliphatic heterocycles. The van der Waals surface area contributed by atoms with Gasteiger partial charge in [0.25, 0.3) is 5.91 Å². The number of nitrogens with zero attached hydrogens (tertiary/aromatic N) is 1. The lowest BCUT2D eigenvalue weighted by Gasteiger charge is -2.16. The molecule has 5 heteroatoms. The van der Waals surface area contributed by atoms with E-state index >= 15 is 0 Å². The van der Waals surface area contributed by atoms with Gasteiger partial charge in [0.2, 0.25) is 5.91 Å². The van der Waals surface area contributed by atoms with Crippen LogP contribution in [0.15, 0.2) is 22.7 Å². The molecular formula is C13H14BrNO3. The Morgan fingerprint density at radius 2 is 2.22 bits per heavy atom. The lowest BCUT2D eigenvalue weighted by atomic mass is 10.1. The number of imide groups is 1. The molecule has 1 aromatic carbocycles. The molecule has 1 fully saturated rings. The average Bonchev–Trinajstić information content (AvgIpc) is 2.67. The summed E-state index contributed by atoms with van der Waals surface area (Å²) >= 11 is 3.32. The molecule has 1 aromatic rings. The van der Waals surface area contributed by atoms with Crippen molar-refractivity contribution in [3.05, 3.63) is 28.2 Å². The van der Waals surface area contributed by atoms with E-state index in [1.54, 1.807) is 18.2 Å². The van der Waals surface area contributed by atoms with Crippen molar-refractivity contribution in [3.63, 3.8) is 0 Å².